The number of aromatic hydroxyl groups is 2. The Bertz CT molecular complexity index is 824. The topological polar surface area (TPSA) is 68.4 Å². The van der Waals surface area contributed by atoms with Gasteiger partial charge in [-0.1, -0.05) is 12.1 Å². The summed E-state index contributed by atoms with van der Waals surface area (Å²) in [5.74, 6) is 0.422. The zero-order valence-corrected chi connectivity index (χ0v) is 16.1. The molecule has 0 aliphatic carbocycles. The van der Waals surface area contributed by atoms with Crippen LogP contribution in [-0.4, -0.2) is 48.3 Å². The number of anilines is 1. The number of rotatable bonds is 6. The first-order chi connectivity index (χ1) is 12.2. The molecule has 2 aromatic rings. The molecule has 0 spiro atoms. The van der Waals surface area contributed by atoms with Crippen LogP contribution in [0.2, 0.25) is 0 Å². The third-order valence-corrected chi connectivity index (χ3v) is 4.08. The maximum atomic E-state index is 10.2. The number of benzene rings is 2. The molecule has 0 aliphatic heterocycles. The molecule has 0 saturated heterocycles. The lowest BCUT2D eigenvalue weighted by Gasteiger charge is -2.18. The number of aliphatic imine (C=N–C) groups is 2. The van der Waals surface area contributed by atoms with Gasteiger partial charge in [0, 0.05) is 48.9 Å². The average molecular weight is 353 g/mol. The van der Waals surface area contributed by atoms with Crippen molar-refractivity contribution in [3.8, 4) is 11.5 Å². The fourth-order valence-electron chi connectivity index (χ4n) is 2.38. The SMILES string of the molecule is CC(=NCC(C)(C)N=Cc1ccc(N(C)C)cc1O)c1ccccc1O. The first-order valence-electron chi connectivity index (χ1n) is 8.54. The third-order valence-electron chi connectivity index (χ3n) is 4.08. The molecule has 0 saturated carbocycles. The highest BCUT2D eigenvalue weighted by Gasteiger charge is 2.15. The minimum Gasteiger partial charge on any atom is -0.507 e. The second kappa shape index (κ2) is 8.04. The van der Waals surface area contributed by atoms with Crippen LogP contribution in [0.25, 0.3) is 0 Å². The minimum atomic E-state index is -0.432. The van der Waals surface area contributed by atoms with Crippen molar-refractivity contribution >= 4 is 17.6 Å². The van der Waals surface area contributed by atoms with Crippen molar-refractivity contribution in [1.82, 2.24) is 0 Å². The fraction of sp³-hybridized carbons (Fsp3) is 0.333. The first-order valence-corrected chi connectivity index (χ1v) is 8.54. The summed E-state index contributed by atoms with van der Waals surface area (Å²) in [5.41, 5.74) is 2.67. The Labute approximate surface area is 155 Å². The largest absolute Gasteiger partial charge is 0.507 e. The molecule has 5 heteroatoms. The lowest BCUT2D eigenvalue weighted by Crippen LogP contribution is -2.22. The average Bonchev–Trinajstić information content (AvgIpc) is 2.59. The van der Waals surface area contributed by atoms with Crippen LogP contribution in [0.3, 0.4) is 0 Å². The third kappa shape index (κ3) is 5.09. The van der Waals surface area contributed by atoms with E-state index in [1.165, 1.54) is 0 Å². The van der Waals surface area contributed by atoms with E-state index in [0.29, 0.717) is 12.1 Å². The molecule has 5 nitrogen and oxygen atoms in total. The molecular weight excluding hydrogens is 326 g/mol. The molecule has 0 heterocycles. The maximum Gasteiger partial charge on any atom is 0.126 e. The van der Waals surface area contributed by atoms with E-state index in [-0.39, 0.29) is 11.5 Å². The van der Waals surface area contributed by atoms with E-state index in [0.717, 1.165) is 17.0 Å². The highest BCUT2D eigenvalue weighted by Crippen LogP contribution is 2.23. The van der Waals surface area contributed by atoms with E-state index in [9.17, 15) is 10.2 Å². The van der Waals surface area contributed by atoms with Crippen molar-refractivity contribution in [3.63, 3.8) is 0 Å². The van der Waals surface area contributed by atoms with Crippen LogP contribution in [0.15, 0.2) is 52.4 Å². The fourth-order valence-corrected chi connectivity index (χ4v) is 2.38. The van der Waals surface area contributed by atoms with Crippen molar-refractivity contribution in [3.05, 3.63) is 53.6 Å². The number of nitrogens with zero attached hydrogens (tertiary/aromatic N) is 3. The summed E-state index contributed by atoms with van der Waals surface area (Å²) in [7, 11) is 3.85. The normalized spacial score (nSPS) is 12.6. The number of para-hydroxylation sites is 1. The second-order valence-electron chi connectivity index (χ2n) is 7.13. The molecule has 0 bridgehead atoms. The van der Waals surface area contributed by atoms with E-state index in [1.54, 1.807) is 24.4 Å². The van der Waals surface area contributed by atoms with Gasteiger partial charge in [-0.05, 0) is 45.0 Å². The summed E-state index contributed by atoms with van der Waals surface area (Å²) in [6.45, 7) is 6.31. The lowest BCUT2D eigenvalue weighted by atomic mass is 10.1. The molecule has 2 N–H and O–H groups in total. The molecule has 0 amide bonds. The lowest BCUT2D eigenvalue weighted by molar-refractivity contribution is 0.473. The summed E-state index contributed by atoms with van der Waals surface area (Å²) in [4.78, 5) is 11.1. The van der Waals surface area contributed by atoms with Crippen LogP contribution in [-0.2, 0) is 0 Å². The van der Waals surface area contributed by atoms with E-state index >= 15 is 0 Å². The van der Waals surface area contributed by atoms with Gasteiger partial charge in [-0.25, -0.2) is 0 Å². The first kappa shape index (κ1) is 19.5. The van der Waals surface area contributed by atoms with Crippen molar-refractivity contribution in [2.24, 2.45) is 9.98 Å². The van der Waals surface area contributed by atoms with Crippen LogP contribution >= 0.6 is 0 Å². The molecule has 0 unspecified atom stereocenters. The van der Waals surface area contributed by atoms with E-state index in [2.05, 4.69) is 9.98 Å². The maximum absolute atomic E-state index is 10.2. The minimum absolute atomic E-state index is 0.199. The van der Waals surface area contributed by atoms with Crippen molar-refractivity contribution in [1.29, 1.82) is 0 Å². The van der Waals surface area contributed by atoms with E-state index in [4.69, 9.17) is 0 Å². The van der Waals surface area contributed by atoms with Crippen molar-refractivity contribution < 1.29 is 10.2 Å². The zero-order valence-electron chi connectivity index (χ0n) is 16.1. The van der Waals surface area contributed by atoms with Crippen LogP contribution in [0, 0.1) is 0 Å². The number of phenolic OH excluding ortho intramolecular Hbond substituents is 2. The van der Waals surface area contributed by atoms with Crippen LogP contribution < -0.4 is 4.90 Å². The second-order valence-corrected chi connectivity index (χ2v) is 7.13. The predicted octanol–water partition coefficient (Wildman–Crippen LogP) is 3.87. The quantitative estimate of drug-likeness (QED) is 0.775. The van der Waals surface area contributed by atoms with Gasteiger partial charge in [-0.15, -0.1) is 0 Å². The van der Waals surface area contributed by atoms with Gasteiger partial charge in [-0.3, -0.25) is 9.98 Å². The monoisotopic (exact) mass is 353 g/mol. The summed E-state index contributed by atoms with van der Waals surface area (Å²) in [6, 6.07) is 12.7. The van der Waals surface area contributed by atoms with Gasteiger partial charge in [0.1, 0.15) is 11.5 Å². The van der Waals surface area contributed by atoms with Gasteiger partial charge in [-0.2, -0.15) is 0 Å². The Morgan fingerprint density at radius 2 is 1.77 bits per heavy atom. The molecular formula is C21H27N3O2. The van der Waals surface area contributed by atoms with Crippen molar-refractivity contribution in [2.75, 3.05) is 25.5 Å². The Kier molecular flexibility index (Phi) is 6.03. The van der Waals surface area contributed by atoms with Gasteiger partial charge in [0.2, 0.25) is 0 Å². The molecule has 0 radical (unpaired) electrons. The summed E-state index contributed by atoms with van der Waals surface area (Å²) in [5, 5.41) is 20.1. The highest BCUT2D eigenvalue weighted by molar-refractivity contribution is 6.01. The van der Waals surface area contributed by atoms with Crippen LogP contribution in [0.5, 0.6) is 11.5 Å². The number of hydrogen-bond donors (Lipinski definition) is 2. The molecule has 0 fully saturated rings. The standard InChI is InChI=1S/C21H27N3O2/c1-15(18-8-6-7-9-19(18)25)22-14-21(2,3)23-13-16-10-11-17(24(4)5)12-20(16)26/h6-13,25-26H,14H2,1-5H3. The molecule has 2 rings (SSSR count). The molecule has 0 atom stereocenters. The molecule has 0 aromatic heterocycles. The van der Waals surface area contributed by atoms with Crippen molar-refractivity contribution in [2.45, 2.75) is 26.3 Å². The summed E-state index contributed by atoms with van der Waals surface area (Å²) >= 11 is 0. The van der Waals surface area contributed by atoms with Gasteiger partial charge < -0.3 is 15.1 Å². The Balaban J connectivity index is 2.12. The number of hydrogen-bond acceptors (Lipinski definition) is 5. The summed E-state index contributed by atoms with van der Waals surface area (Å²) in [6.07, 6.45) is 1.68. The Hall–Kier alpha value is -2.82. The van der Waals surface area contributed by atoms with Crippen LogP contribution in [0.1, 0.15) is 31.9 Å². The molecule has 26 heavy (non-hydrogen) atoms. The Morgan fingerprint density at radius 3 is 2.38 bits per heavy atom. The van der Waals surface area contributed by atoms with Gasteiger partial charge >= 0.3 is 0 Å². The summed E-state index contributed by atoms with van der Waals surface area (Å²) < 4.78 is 0. The van der Waals surface area contributed by atoms with Crippen LogP contribution in [0.4, 0.5) is 5.69 Å². The Morgan fingerprint density at radius 1 is 1.08 bits per heavy atom. The van der Waals surface area contributed by atoms with E-state index in [1.807, 2.05) is 64.0 Å². The highest BCUT2D eigenvalue weighted by atomic mass is 16.3. The molecule has 0 aliphatic rings. The van der Waals surface area contributed by atoms with Gasteiger partial charge in [0.05, 0.1) is 12.1 Å². The molecule has 138 valence electrons. The zero-order chi connectivity index (χ0) is 19.3. The predicted molar refractivity (Wildman–Crippen MR) is 109 cm³/mol. The van der Waals surface area contributed by atoms with Gasteiger partial charge in [0.15, 0.2) is 0 Å². The van der Waals surface area contributed by atoms with E-state index < -0.39 is 5.54 Å². The molecule has 2 aromatic carbocycles. The smallest absolute Gasteiger partial charge is 0.126 e. The van der Waals surface area contributed by atoms with Gasteiger partial charge in [0.25, 0.3) is 0 Å². The number of phenols is 2.